The van der Waals surface area contributed by atoms with Crippen molar-refractivity contribution in [1.29, 1.82) is 0 Å². The fraction of sp³-hybridized carbons (Fsp3) is 0.500. The maximum atomic E-state index is 12.9. The van der Waals surface area contributed by atoms with Crippen LogP contribution < -0.4 is 4.90 Å². The van der Waals surface area contributed by atoms with Crippen molar-refractivity contribution in [2.24, 2.45) is 5.92 Å². The number of benzene rings is 1. The second kappa shape index (κ2) is 5.72. The highest BCUT2D eigenvalue weighted by Crippen LogP contribution is 2.39. The summed E-state index contributed by atoms with van der Waals surface area (Å²) in [5, 5.41) is 0.397. The molecule has 2 aliphatic heterocycles. The molecular formula is C16H20N2O2S. The number of likely N-dealkylation sites (tertiary alicyclic amines) is 1. The third-order valence-electron chi connectivity index (χ3n) is 4.17. The summed E-state index contributed by atoms with van der Waals surface area (Å²) in [7, 11) is 0. The van der Waals surface area contributed by atoms with Gasteiger partial charge in [-0.05, 0) is 18.6 Å². The third kappa shape index (κ3) is 2.79. The average Bonchev–Trinajstić information content (AvgIpc) is 2.95. The number of carbonyl (C=O) groups is 2. The molecule has 112 valence electrons. The molecular weight excluding hydrogens is 284 g/mol. The molecule has 2 heterocycles. The van der Waals surface area contributed by atoms with Crippen LogP contribution in [-0.4, -0.2) is 41.6 Å². The summed E-state index contributed by atoms with van der Waals surface area (Å²) in [6.07, 6.45) is 0.776. The molecule has 0 radical (unpaired) electrons. The van der Waals surface area contributed by atoms with Crippen molar-refractivity contribution in [3.05, 3.63) is 24.3 Å². The van der Waals surface area contributed by atoms with Gasteiger partial charge in [0.2, 0.25) is 11.8 Å². The number of amides is 2. The summed E-state index contributed by atoms with van der Waals surface area (Å²) < 4.78 is 0. The van der Waals surface area contributed by atoms with Gasteiger partial charge in [-0.2, -0.15) is 0 Å². The molecule has 4 nitrogen and oxygen atoms in total. The zero-order chi connectivity index (χ0) is 15.0. The summed E-state index contributed by atoms with van der Waals surface area (Å²) in [6, 6.07) is 8.09. The Kier molecular flexibility index (Phi) is 3.93. The van der Waals surface area contributed by atoms with Crippen LogP contribution in [0.2, 0.25) is 0 Å². The van der Waals surface area contributed by atoms with Crippen LogP contribution in [0.1, 0.15) is 20.3 Å². The second-order valence-electron chi connectivity index (χ2n) is 5.80. The molecule has 1 aromatic rings. The number of para-hydroxylation sites is 1. The van der Waals surface area contributed by atoms with Crippen LogP contribution in [0.5, 0.6) is 0 Å². The van der Waals surface area contributed by atoms with Gasteiger partial charge >= 0.3 is 0 Å². The van der Waals surface area contributed by atoms with Crippen molar-refractivity contribution in [2.75, 3.05) is 24.5 Å². The SMILES string of the molecule is CC(=O)N1CCC(C(=O)N2CC(C)Sc3ccccc32)C1. The number of hydrogen-bond donors (Lipinski definition) is 0. The number of hydrogen-bond acceptors (Lipinski definition) is 3. The fourth-order valence-corrected chi connectivity index (χ4v) is 4.18. The molecule has 0 aromatic heterocycles. The molecule has 2 aliphatic rings. The van der Waals surface area contributed by atoms with Crippen molar-refractivity contribution in [3.8, 4) is 0 Å². The number of fused-ring (bicyclic) bond motifs is 1. The highest BCUT2D eigenvalue weighted by Gasteiger charge is 2.35. The fourth-order valence-electron chi connectivity index (χ4n) is 3.07. The van der Waals surface area contributed by atoms with Crippen LogP contribution in [-0.2, 0) is 9.59 Å². The van der Waals surface area contributed by atoms with Gasteiger partial charge in [0, 0.05) is 36.7 Å². The van der Waals surface area contributed by atoms with E-state index in [0.29, 0.717) is 18.3 Å². The molecule has 0 bridgehead atoms. The van der Waals surface area contributed by atoms with E-state index in [4.69, 9.17) is 0 Å². The predicted molar refractivity (Wildman–Crippen MR) is 84.5 cm³/mol. The van der Waals surface area contributed by atoms with Gasteiger partial charge in [0.05, 0.1) is 11.6 Å². The normalized spacial score (nSPS) is 24.9. The first-order valence-electron chi connectivity index (χ1n) is 7.39. The molecule has 1 aromatic carbocycles. The van der Waals surface area contributed by atoms with Gasteiger partial charge in [-0.3, -0.25) is 9.59 Å². The minimum absolute atomic E-state index is 0.0581. The molecule has 1 fully saturated rings. The van der Waals surface area contributed by atoms with Crippen LogP contribution in [0.3, 0.4) is 0 Å². The highest BCUT2D eigenvalue weighted by atomic mass is 32.2. The minimum atomic E-state index is -0.0581. The van der Waals surface area contributed by atoms with Crippen LogP contribution >= 0.6 is 11.8 Å². The zero-order valence-corrected chi connectivity index (χ0v) is 13.2. The van der Waals surface area contributed by atoms with Crippen LogP contribution in [0, 0.1) is 5.92 Å². The van der Waals surface area contributed by atoms with Crippen molar-refractivity contribution in [3.63, 3.8) is 0 Å². The van der Waals surface area contributed by atoms with Gasteiger partial charge in [0.15, 0.2) is 0 Å². The van der Waals surface area contributed by atoms with Gasteiger partial charge in [0.1, 0.15) is 0 Å². The summed E-state index contributed by atoms with van der Waals surface area (Å²) in [5.41, 5.74) is 1.02. The number of anilines is 1. The quantitative estimate of drug-likeness (QED) is 0.800. The molecule has 3 rings (SSSR count). The smallest absolute Gasteiger partial charge is 0.232 e. The molecule has 0 spiro atoms. The lowest BCUT2D eigenvalue weighted by molar-refractivity contribution is -0.128. The first-order chi connectivity index (χ1) is 10.1. The molecule has 21 heavy (non-hydrogen) atoms. The summed E-state index contributed by atoms with van der Waals surface area (Å²) in [4.78, 5) is 29.2. The highest BCUT2D eigenvalue weighted by molar-refractivity contribution is 8.00. The zero-order valence-electron chi connectivity index (χ0n) is 12.4. The first kappa shape index (κ1) is 14.4. The lowest BCUT2D eigenvalue weighted by Crippen LogP contribution is -2.43. The molecule has 2 amide bonds. The van der Waals surface area contributed by atoms with Gasteiger partial charge in [-0.15, -0.1) is 11.8 Å². The van der Waals surface area contributed by atoms with Crippen molar-refractivity contribution in [2.45, 2.75) is 30.4 Å². The van der Waals surface area contributed by atoms with E-state index < -0.39 is 0 Å². The molecule has 2 atom stereocenters. The van der Waals surface area contributed by atoms with E-state index in [2.05, 4.69) is 13.0 Å². The van der Waals surface area contributed by atoms with Gasteiger partial charge < -0.3 is 9.80 Å². The van der Waals surface area contributed by atoms with E-state index in [1.54, 1.807) is 11.8 Å². The van der Waals surface area contributed by atoms with Crippen molar-refractivity contribution < 1.29 is 9.59 Å². The second-order valence-corrected chi connectivity index (χ2v) is 7.28. The van der Waals surface area contributed by atoms with Gasteiger partial charge in [-0.25, -0.2) is 0 Å². The number of carbonyl (C=O) groups excluding carboxylic acids is 2. The minimum Gasteiger partial charge on any atom is -0.342 e. The maximum absolute atomic E-state index is 12.9. The number of nitrogens with zero attached hydrogens (tertiary/aromatic N) is 2. The Labute approximate surface area is 129 Å². The Balaban J connectivity index is 1.81. The Bertz CT molecular complexity index is 575. The van der Waals surface area contributed by atoms with Crippen LogP contribution in [0.25, 0.3) is 0 Å². The monoisotopic (exact) mass is 304 g/mol. The van der Waals surface area contributed by atoms with E-state index in [-0.39, 0.29) is 17.7 Å². The maximum Gasteiger partial charge on any atom is 0.232 e. The lowest BCUT2D eigenvalue weighted by atomic mass is 10.1. The van der Waals surface area contributed by atoms with Crippen molar-refractivity contribution in [1.82, 2.24) is 4.90 Å². The third-order valence-corrected chi connectivity index (χ3v) is 5.32. The molecule has 0 saturated carbocycles. The lowest BCUT2D eigenvalue weighted by Gasteiger charge is -2.34. The largest absolute Gasteiger partial charge is 0.342 e. The molecule has 1 saturated heterocycles. The van der Waals surface area contributed by atoms with Crippen LogP contribution in [0.4, 0.5) is 5.69 Å². The average molecular weight is 304 g/mol. The summed E-state index contributed by atoms with van der Waals surface area (Å²) in [5.74, 6) is 0.170. The van der Waals surface area contributed by atoms with E-state index in [1.165, 1.54) is 4.90 Å². The van der Waals surface area contributed by atoms with Gasteiger partial charge in [0.25, 0.3) is 0 Å². The Hall–Kier alpha value is -1.49. The summed E-state index contributed by atoms with van der Waals surface area (Å²) >= 11 is 1.82. The Morgan fingerprint density at radius 2 is 2.00 bits per heavy atom. The topological polar surface area (TPSA) is 40.6 Å². The molecule has 2 unspecified atom stereocenters. The van der Waals surface area contributed by atoms with E-state index in [9.17, 15) is 9.59 Å². The van der Waals surface area contributed by atoms with Crippen LogP contribution in [0.15, 0.2) is 29.2 Å². The Morgan fingerprint density at radius 3 is 2.71 bits per heavy atom. The predicted octanol–water partition coefficient (Wildman–Crippen LogP) is 2.38. The summed E-state index contributed by atoms with van der Waals surface area (Å²) in [6.45, 7) is 5.73. The first-order valence-corrected chi connectivity index (χ1v) is 8.27. The van der Waals surface area contributed by atoms with Gasteiger partial charge in [-0.1, -0.05) is 19.1 Å². The number of rotatable bonds is 1. The standard InChI is InChI=1S/C16H20N2O2S/c1-11-9-18(14-5-3-4-6-15(14)21-11)16(20)13-7-8-17(10-13)12(2)19/h3-6,11,13H,7-10H2,1-2H3. The number of thioether (sulfide) groups is 1. The van der Waals surface area contributed by atoms with Crippen molar-refractivity contribution >= 4 is 29.3 Å². The molecule has 5 heteroatoms. The van der Waals surface area contributed by atoms with E-state index >= 15 is 0 Å². The van der Waals surface area contributed by atoms with E-state index in [0.717, 1.165) is 18.7 Å². The van der Waals surface area contributed by atoms with E-state index in [1.807, 2.05) is 34.9 Å². The Morgan fingerprint density at radius 1 is 1.24 bits per heavy atom. The molecule has 0 aliphatic carbocycles. The molecule has 0 N–H and O–H groups in total.